The second-order valence-electron chi connectivity index (χ2n) is 5.99. The lowest BCUT2D eigenvalue weighted by atomic mass is 9.99. The third kappa shape index (κ3) is 10.2. The van der Waals surface area contributed by atoms with Crippen LogP contribution in [-0.2, 0) is 28.7 Å². The van der Waals surface area contributed by atoms with Crippen molar-refractivity contribution in [1.29, 1.82) is 0 Å². The summed E-state index contributed by atoms with van der Waals surface area (Å²) in [5.41, 5.74) is 10.5. The molecule has 1 amide bonds. The summed E-state index contributed by atoms with van der Waals surface area (Å²) >= 11 is 0. The van der Waals surface area contributed by atoms with Crippen LogP contribution < -0.4 is 16.8 Å². The van der Waals surface area contributed by atoms with Crippen molar-refractivity contribution >= 4 is 29.6 Å². The summed E-state index contributed by atoms with van der Waals surface area (Å²) in [6.07, 6.45) is -0.955. The van der Waals surface area contributed by atoms with Crippen molar-refractivity contribution in [2.45, 2.75) is 44.3 Å². The molecule has 0 heterocycles. The van der Waals surface area contributed by atoms with E-state index in [0.717, 1.165) is 0 Å². The van der Waals surface area contributed by atoms with Gasteiger partial charge in [0, 0.05) is 12.8 Å². The van der Waals surface area contributed by atoms with Crippen molar-refractivity contribution in [1.82, 2.24) is 5.32 Å². The number of carboxylic acid groups (broad SMARTS) is 3. The van der Waals surface area contributed by atoms with Crippen LogP contribution in [0.5, 0.6) is 0 Å². The second-order valence-corrected chi connectivity index (χ2v) is 5.99. The van der Waals surface area contributed by atoms with Gasteiger partial charge in [0.1, 0.15) is 17.9 Å². The van der Waals surface area contributed by atoms with E-state index >= 15 is 0 Å². The molecular weight excluding hydrogens is 366 g/mol. The number of rotatable bonds is 14. The van der Waals surface area contributed by atoms with E-state index in [-0.39, 0.29) is 12.8 Å². The normalized spacial score (nSPS) is 15.2. The Morgan fingerprint density at radius 2 is 1.56 bits per heavy atom. The minimum absolute atomic E-state index is 0.232. The first-order valence-electron chi connectivity index (χ1n) is 8.05. The van der Waals surface area contributed by atoms with Crippen LogP contribution in [0.1, 0.15) is 26.2 Å². The highest BCUT2D eigenvalue weighted by molar-refractivity contribution is 5.87. The molecule has 0 aromatic heterocycles. The molecule has 27 heavy (non-hydrogen) atoms. The number of amides is 1. The zero-order valence-electron chi connectivity index (χ0n) is 14.8. The molecule has 0 saturated carbocycles. The van der Waals surface area contributed by atoms with Crippen LogP contribution in [-0.4, -0.2) is 76.3 Å². The van der Waals surface area contributed by atoms with E-state index in [1.165, 1.54) is 6.92 Å². The van der Waals surface area contributed by atoms with Gasteiger partial charge in [0.05, 0.1) is 25.2 Å². The maximum Gasteiger partial charge on any atom is 0.326 e. The summed E-state index contributed by atoms with van der Waals surface area (Å²) < 4.78 is 4.92. The predicted octanol–water partition coefficient (Wildman–Crippen LogP) is -2.23. The summed E-state index contributed by atoms with van der Waals surface area (Å²) in [6, 6.07) is -3.58. The first-order chi connectivity index (χ1) is 12.5. The Morgan fingerprint density at radius 1 is 0.963 bits per heavy atom. The van der Waals surface area contributed by atoms with E-state index < -0.39 is 73.3 Å². The van der Waals surface area contributed by atoms with E-state index in [9.17, 15) is 24.0 Å². The minimum atomic E-state index is -1.35. The second kappa shape index (κ2) is 11.9. The van der Waals surface area contributed by atoms with Gasteiger partial charge in [0.25, 0.3) is 0 Å². The Bertz CT molecular complexity index is 565. The molecule has 0 aromatic carbocycles. The van der Waals surface area contributed by atoms with Crippen molar-refractivity contribution in [3.63, 3.8) is 0 Å². The van der Waals surface area contributed by atoms with Gasteiger partial charge in [-0.1, -0.05) is 0 Å². The molecule has 8 N–H and O–H groups in total. The van der Waals surface area contributed by atoms with Gasteiger partial charge in [-0.25, -0.2) is 4.79 Å². The number of Topliss-reactive ketones (excluding diaryl/α,β-unsaturated/α-hetero) is 1. The molecule has 0 aliphatic heterocycles. The third-order valence-corrected chi connectivity index (χ3v) is 3.50. The Labute approximate surface area is 154 Å². The topological polar surface area (TPSA) is 219 Å². The summed E-state index contributed by atoms with van der Waals surface area (Å²) in [5.74, 6) is -6.46. The molecule has 0 saturated heterocycles. The van der Waals surface area contributed by atoms with Gasteiger partial charge in [0.15, 0.2) is 0 Å². The molecule has 12 heteroatoms. The average Bonchev–Trinajstić information content (AvgIpc) is 2.56. The number of carboxylic acids is 3. The molecule has 0 aliphatic rings. The summed E-state index contributed by atoms with van der Waals surface area (Å²) in [5, 5.41) is 28.9. The number of nitrogens with two attached hydrogens (primary N) is 2. The number of hydrogen-bond acceptors (Lipinski definition) is 8. The van der Waals surface area contributed by atoms with Crippen LogP contribution in [0.2, 0.25) is 0 Å². The van der Waals surface area contributed by atoms with Crippen LogP contribution in [0.3, 0.4) is 0 Å². The summed E-state index contributed by atoms with van der Waals surface area (Å²) in [6.45, 7) is 0.524. The molecule has 0 aromatic rings. The molecule has 12 nitrogen and oxygen atoms in total. The van der Waals surface area contributed by atoms with Crippen LogP contribution in [0.25, 0.3) is 0 Å². The van der Waals surface area contributed by atoms with Gasteiger partial charge >= 0.3 is 17.9 Å². The van der Waals surface area contributed by atoms with Crippen molar-refractivity contribution in [3.05, 3.63) is 0 Å². The molecule has 0 unspecified atom stereocenters. The fraction of sp³-hybridized carbons (Fsp3) is 0.667. The lowest BCUT2D eigenvalue weighted by molar-refractivity contribution is -0.147. The molecule has 0 fully saturated rings. The Kier molecular flexibility index (Phi) is 10.8. The number of carbonyl (C=O) groups excluding carboxylic acids is 2. The maximum absolute atomic E-state index is 11.9. The Balaban J connectivity index is 4.54. The van der Waals surface area contributed by atoms with Crippen LogP contribution >= 0.6 is 0 Å². The molecule has 0 rings (SSSR count). The zero-order valence-corrected chi connectivity index (χ0v) is 14.8. The largest absolute Gasteiger partial charge is 0.481 e. The molecule has 0 bridgehead atoms. The van der Waals surface area contributed by atoms with Crippen LogP contribution in [0, 0.1) is 5.92 Å². The standard InChI is InChI=1S/C15H25N3O9/c1-7(16)12(20)18-11(15(25)26)3-2-9(19)4-8(13(21)22)5-27-6-10(17)14(23)24/h7-8,10-11H,2-6,16-17H2,1H3,(H,18,20)(H,21,22)(H,23,24)(H,25,26)/t7-,8-,10+,11+/m0/s1. The molecule has 0 aliphatic carbocycles. The third-order valence-electron chi connectivity index (χ3n) is 3.50. The van der Waals surface area contributed by atoms with Gasteiger partial charge < -0.3 is 36.8 Å². The van der Waals surface area contributed by atoms with E-state index in [0.29, 0.717) is 0 Å². The number of nitrogens with one attached hydrogen (secondary N) is 1. The highest BCUT2D eigenvalue weighted by Gasteiger charge is 2.26. The highest BCUT2D eigenvalue weighted by atomic mass is 16.5. The van der Waals surface area contributed by atoms with Crippen molar-refractivity contribution in [3.8, 4) is 0 Å². The zero-order chi connectivity index (χ0) is 21.1. The van der Waals surface area contributed by atoms with Gasteiger partial charge in [-0.15, -0.1) is 0 Å². The van der Waals surface area contributed by atoms with Crippen LogP contribution in [0.4, 0.5) is 0 Å². The lowest BCUT2D eigenvalue weighted by Gasteiger charge is -2.17. The van der Waals surface area contributed by atoms with E-state index in [2.05, 4.69) is 5.32 Å². The molecule has 154 valence electrons. The molecule has 4 atom stereocenters. The quantitative estimate of drug-likeness (QED) is 0.186. The number of aliphatic carboxylic acids is 3. The lowest BCUT2D eigenvalue weighted by Crippen LogP contribution is -2.47. The number of ketones is 1. The van der Waals surface area contributed by atoms with Crippen molar-refractivity contribution in [2.75, 3.05) is 13.2 Å². The number of carbonyl (C=O) groups is 5. The number of hydrogen-bond donors (Lipinski definition) is 6. The van der Waals surface area contributed by atoms with Crippen LogP contribution in [0.15, 0.2) is 0 Å². The predicted molar refractivity (Wildman–Crippen MR) is 89.6 cm³/mol. The fourth-order valence-corrected chi connectivity index (χ4v) is 1.87. The summed E-state index contributed by atoms with van der Waals surface area (Å²) in [7, 11) is 0. The van der Waals surface area contributed by atoms with Gasteiger partial charge in [0.2, 0.25) is 5.91 Å². The minimum Gasteiger partial charge on any atom is -0.481 e. The first-order valence-corrected chi connectivity index (χ1v) is 8.05. The Morgan fingerprint density at radius 3 is 2.00 bits per heavy atom. The average molecular weight is 391 g/mol. The summed E-state index contributed by atoms with van der Waals surface area (Å²) in [4.78, 5) is 56.2. The van der Waals surface area contributed by atoms with Crippen molar-refractivity contribution < 1.29 is 44.0 Å². The Hall–Kier alpha value is -2.57. The first kappa shape index (κ1) is 24.4. The van der Waals surface area contributed by atoms with Gasteiger partial charge in [-0.05, 0) is 13.3 Å². The van der Waals surface area contributed by atoms with Crippen molar-refractivity contribution in [2.24, 2.45) is 17.4 Å². The number of ether oxygens (including phenoxy) is 1. The maximum atomic E-state index is 11.9. The molecule has 0 spiro atoms. The van der Waals surface area contributed by atoms with E-state index in [4.69, 9.17) is 31.5 Å². The van der Waals surface area contributed by atoms with Gasteiger partial charge in [-0.3, -0.25) is 19.2 Å². The molecule has 0 radical (unpaired) electrons. The highest BCUT2D eigenvalue weighted by Crippen LogP contribution is 2.10. The van der Waals surface area contributed by atoms with E-state index in [1.54, 1.807) is 0 Å². The van der Waals surface area contributed by atoms with E-state index in [1.807, 2.05) is 0 Å². The molecular formula is C15H25N3O9. The fourth-order valence-electron chi connectivity index (χ4n) is 1.87. The smallest absolute Gasteiger partial charge is 0.326 e. The van der Waals surface area contributed by atoms with Gasteiger partial charge in [-0.2, -0.15) is 0 Å². The monoisotopic (exact) mass is 391 g/mol. The SMILES string of the molecule is C[C@H](N)C(=O)N[C@H](CCC(=O)C[C@@H](COC[C@@H](N)C(=O)O)C(=O)O)C(=O)O.